The summed E-state index contributed by atoms with van der Waals surface area (Å²) in [5, 5.41) is 2.23. The molecule has 0 bridgehead atoms. The quantitative estimate of drug-likeness (QED) is 0.454. The first-order valence-electron chi connectivity index (χ1n) is 9.36. The van der Waals surface area contributed by atoms with Crippen molar-refractivity contribution in [2.24, 2.45) is 0 Å². The number of imide groups is 2. The summed E-state index contributed by atoms with van der Waals surface area (Å²) in [6.07, 6.45) is 8.24. The normalized spacial score (nSPS) is 15.8. The van der Waals surface area contributed by atoms with Gasteiger partial charge in [-0.05, 0) is 12.5 Å². The lowest BCUT2D eigenvalue weighted by molar-refractivity contribution is -0.130. The van der Waals surface area contributed by atoms with E-state index >= 15 is 0 Å². The fraction of sp³-hybridized carbons (Fsp3) is 0.286. The summed E-state index contributed by atoms with van der Waals surface area (Å²) in [7, 11) is 0. The van der Waals surface area contributed by atoms with Gasteiger partial charge in [0, 0.05) is 30.1 Å². The molecule has 7 heteroatoms. The summed E-state index contributed by atoms with van der Waals surface area (Å²) in [6, 6.07) is 8.82. The van der Waals surface area contributed by atoms with Crippen molar-refractivity contribution < 1.29 is 14.4 Å². The molecule has 1 fully saturated rings. The number of amides is 4. The van der Waals surface area contributed by atoms with Crippen LogP contribution in [0.3, 0.4) is 0 Å². The van der Waals surface area contributed by atoms with Gasteiger partial charge in [0.25, 0.3) is 11.8 Å². The number of urea groups is 1. The lowest BCUT2D eigenvalue weighted by Gasteiger charge is -2.26. The zero-order valence-corrected chi connectivity index (χ0v) is 15.7. The number of carbonyl (C=O) groups excluding carboxylic acids is 3. The van der Waals surface area contributed by atoms with Crippen molar-refractivity contribution in [1.82, 2.24) is 20.2 Å². The molecule has 0 spiro atoms. The van der Waals surface area contributed by atoms with E-state index in [9.17, 15) is 14.4 Å². The third-order valence-corrected chi connectivity index (χ3v) is 4.44. The highest BCUT2D eigenvalue weighted by molar-refractivity contribution is 6.30. The van der Waals surface area contributed by atoms with Crippen LogP contribution < -0.4 is 5.32 Å². The van der Waals surface area contributed by atoms with Crippen LogP contribution in [0.5, 0.6) is 0 Å². The number of hydrogen-bond acceptors (Lipinski definition) is 5. The molecule has 0 aliphatic carbocycles. The van der Waals surface area contributed by atoms with E-state index in [4.69, 9.17) is 0 Å². The molecule has 0 radical (unpaired) electrons. The number of rotatable bonds is 7. The molecule has 1 saturated heterocycles. The van der Waals surface area contributed by atoms with Crippen LogP contribution in [0.2, 0.25) is 0 Å². The molecule has 1 N–H and O–H groups in total. The van der Waals surface area contributed by atoms with E-state index in [1.807, 2.05) is 30.3 Å². The highest BCUT2D eigenvalue weighted by Crippen LogP contribution is 2.17. The Hall–Kier alpha value is -3.35. The van der Waals surface area contributed by atoms with Crippen LogP contribution in [-0.2, 0) is 9.59 Å². The lowest BCUT2D eigenvalue weighted by atomic mass is 10.1. The molecule has 0 atom stereocenters. The maximum atomic E-state index is 12.6. The Morgan fingerprint density at radius 2 is 1.71 bits per heavy atom. The second-order valence-corrected chi connectivity index (χ2v) is 6.54. The average Bonchev–Trinajstić information content (AvgIpc) is 2.71. The Balaban J connectivity index is 1.76. The summed E-state index contributed by atoms with van der Waals surface area (Å²) in [5.74, 6) is -0.737. The topological polar surface area (TPSA) is 92.3 Å². The van der Waals surface area contributed by atoms with Gasteiger partial charge in [-0.2, -0.15) is 0 Å². The van der Waals surface area contributed by atoms with E-state index in [1.165, 1.54) is 6.08 Å². The van der Waals surface area contributed by atoms with Crippen molar-refractivity contribution in [3.8, 4) is 11.4 Å². The Morgan fingerprint density at radius 1 is 1.00 bits per heavy atom. The molecule has 0 unspecified atom stereocenters. The van der Waals surface area contributed by atoms with Gasteiger partial charge in [0.15, 0.2) is 5.82 Å². The molecular weight excluding hydrogens is 356 g/mol. The Kier molecular flexibility index (Phi) is 6.26. The monoisotopic (exact) mass is 378 g/mol. The number of unbranched alkanes of at least 4 members (excludes halogenated alkanes) is 3. The van der Waals surface area contributed by atoms with Crippen molar-refractivity contribution in [3.05, 3.63) is 53.9 Å². The third-order valence-electron chi connectivity index (χ3n) is 4.44. The van der Waals surface area contributed by atoms with Crippen LogP contribution in [0.1, 0.15) is 38.2 Å². The van der Waals surface area contributed by atoms with Gasteiger partial charge in [-0.15, -0.1) is 0 Å². The fourth-order valence-electron chi connectivity index (χ4n) is 2.91. The smallest absolute Gasteiger partial charge is 0.273 e. The van der Waals surface area contributed by atoms with Crippen LogP contribution in [0.4, 0.5) is 4.79 Å². The van der Waals surface area contributed by atoms with Crippen molar-refractivity contribution in [2.45, 2.75) is 32.6 Å². The first-order chi connectivity index (χ1) is 13.6. The predicted molar refractivity (Wildman–Crippen MR) is 105 cm³/mol. The third kappa shape index (κ3) is 4.49. The van der Waals surface area contributed by atoms with E-state index in [-0.39, 0.29) is 5.57 Å². The molecule has 1 aromatic carbocycles. The van der Waals surface area contributed by atoms with Crippen LogP contribution in [-0.4, -0.2) is 39.3 Å². The van der Waals surface area contributed by atoms with Crippen LogP contribution in [0, 0.1) is 0 Å². The minimum atomic E-state index is -0.702. The summed E-state index contributed by atoms with van der Waals surface area (Å²) < 4.78 is 0. The van der Waals surface area contributed by atoms with Crippen molar-refractivity contribution >= 4 is 23.9 Å². The molecule has 2 heterocycles. The predicted octanol–water partition coefficient (Wildman–Crippen LogP) is 3.19. The maximum absolute atomic E-state index is 12.6. The van der Waals surface area contributed by atoms with E-state index in [0.717, 1.165) is 29.7 Å². The summed E-state index contributed by atoms with van der Waals surface area (Å²) in [6.45, 7) is 2.38. The Labute approximate surface area is 163 Å². The number of carbonyl (C=O) groups is 3. The number of aromatic nitrogens is 2. The van der Waals surface area contributed by atoms with Crippen LogP contribution in [0.15, 0.2) is 48.3 Å². The molecule has 1 aliphatic heterocycles. The Morgan fingerprint density at radius 3 is 2.39 bits per heavy atom. The number of nitrogens with one attached hydrogen (secondary N) is 1. The number of nitrogens with zero attached hydrogens (tertiary/aromatic N) is 3. The van der Waals surface area contributed by atoms with E-state index in [1.54, 1.807) is 12.4 Å². The molecule has 1 aromatic heterocycles. The molecule has 1 aliphatic rings. The molecule has 7 nitrogen and oxygen atoms in total. The second kappa shape index (κ2) is 9.03. The minimum Gasteiger partial charge on any atom is -0.273 e. The largest absolute Gasteiger partial charge is 0.331 e. The first kappa shape index (κ1) is 19.4. The van der Waals surface area contributed by atoms with Gasteiger partial charge in [0.05, 0.1) is 0 Å². The molecule has 28 heavy (non-hydrogen) atoms. The van der Waals surface area contributed by atoms with Crippen molar-refractivity contribution in [3.63, 3.8) is 0 Å². The van der Waals surface area contributed by atoms with E-state index in [0.29, 0.717) is 24.4 Å². The van der Waals surface area contributed by atoms with Gasteiger partial charge in [-0.3, -0.25) is 19.8 Å². The molecule has 144 valence electrons. The van der Waals surface area contributed by atoms with Gasteiger partial charge >= 0.3 is 6.03 Å². The number of benzene rings is 1. The Bertz CT molecular complexity index is 892. The van der Waals surface area contributed by atoms with E-state index in [2.05, 4.69) is 22.2 Å². The first-order valence-corrected chi connectivity index (χ1v) is 9.36. The fourth-order valence-corrected chi connectivity index (χ4v) is 2.91. The molecule has 2 aromatic rings. The SMILES string of the molecule is CCCCCCN1C(=O)NC(=O)C(=Cc2cnc(-c3ccccc3)nc2)C1=O. The van der Waals surface area contributed by atoms with Crippen LogP contribution >= 0.6 is 0 Å². The lowest BCUT2D eigenvalue weighted by Crippen LogP contribution is -2.54. The zero-order chi connectivity index (χ0) is 19.9. The van der Waals surface area contributed by atoms with E-state index < -0.39 is 17.8 Å². The van der Waals surface area contributed by atoms with Gasteiger partial charge in [-0.25, -0.2) is 14.8 Å². The summed E-state index contributed by atoms with van der Waals surface area (Å²) >= 11 is 0. The molecular formula is C21H22N4O3. The highest BCUT2D eigenvalue weighted by Gasteiger charge is 2.35. The molecule has 4 amide bonds. The number of barbiturate groups is 1. The standard InChI is InChI=1S/C21H22N4O3/c1-2-3-4-8-11-25-20(27)17(19(26)24-21(25)28)12-15-13-22-18(23-14-15)16-9-6-5-7-10-16/h5-7,9-10,12-14H,2-4,8,11H2,1H3,(H,24,26,28). The average molecular weight is 378 g/mol. The van der Waals surface area contributed by atoms with Gasteiger partial charge in [0.1, 0.15) is 5.57 Å². The van der Waals surface area contributed by atoms with Gasteiger partial charge in [-0.1, -0.05) is 56.5 Å². The van der Waals surface area contributed by atoms with Crippen molar-refractivity contribution in [1.29, 1.82) is 0 Å². The molecule has 3 rings (SSSR count). The van der Waals surface area contributed by atoms with Crippen LogP contribution in [0.25, 0.3) is 17.5 Å². The van der Waals surface area contributed by atoms with Crippen molar-refractivity contribution in [2.75, 3.05) is 6.54 Å². The molecule has 0 saturated carbocycles. The second-order valence-electron chi connectivity index (χ2n) is 6.54. The maximum Gasteiger partial charge on any atom is 0.331 e. The highest BCUT2D eigenvalue weighted by atomic mass is 16.2. The minimum absolute atomic E-state index is 0.0915. The zero-order valence-electron chi connectivity index (χ0n) is 15.7. The van der Waals surface area contributed by atoms with Gasteiger partial charge in [0.2, 0.25) is 0 Å². The van der Waals surface area contributed by atoms with Gasteiger partial charge < -0.3 is 0 Å². The number of hydrogen-bond donors (Lipinski definition) is 1. The summed E-state index contributed by atoms with van der Waals surface area (Å²) in [4.78, 5) is 46.4. The summed E-state index contributed by atoms with van der Waals surface area (Å²) in [5.41, 5.74) is 1.29.